The first-order valence-corrected chi connectivity index (χ1v) is 6.79. The van der Waals surface area contributed by atoms with Gasteiger partial charge in [-0.3, -0.25) is 0 Å². The Balaban J connectivity index is 2.28. The van der Waals surface area contributed by atoms with Gasteiger partial charge in [0.2, 0.25) is 0 Å². The van der Waals surface area contributed by atoms with Crippen molar-refractivity contribution in [2.24, 2.45) is 4.99 Å². The van der Waals surface area contributed by atoms with Gasteiger partial charge in [0.05, 0.1) is 11.6 Å². The molecule has 1 heterocycles. The number of hydrogen-bond donors (Lipinski definition) is 0. The van der Waals surface area contributed by atoms with Gasteiger partial charge in [-0.1, -0.05) is 32.6 Å². The molecule has 0 amide bonds. The van der Waals surface area contributed by atoms with Crippen LogP contribution in [0.3, 0.4) is 0 Å². The Kier molecular flexibility index (Phi) is 5.30. The van der Waals surface area contributed by atoms with Crippen LogP contribution in [0.4, 0.5) is 0 Å². The first-order valence-electron chi connectivity index (χ1n) is 6.79. The van der Waals surface area contributed by atoms with E-state index in [1.807, 2.05) is 0 Å². The van der Waals surface area contributed by atoms with Gasteiger partial charge >= 0.3 is 0 Å². The van der Waals surface area contributed by atoms with Crippen molar-refractivity contribution in [3.63, 3.8) is 0 Å². The number of unbranched alkanes of at least 4 members (excludes halogenated alkanes) is 4. The zero-order valence-electron chi connectivity index (χ0n) is 11.4. The van der Waals surface area contributed by atoms with E-state index >= 15 is 0 Å². The molecule has 1 rings (SSSR count). The van der Waals surface area contributed by atoms with E-state index in [2.05, 4.69) is 32.7 Å². The Labute approximate surface area is 100 Å². The minimum atomic E-state index is 0.0798. The highest BCUT2D eigenvalue weighted by molar-refractivity contribution is 5.77. The predicted molar refractivity (Wildman–Crippen MR) is 70.1 cm³/mol. The van der Waals surface area contributed by atoms with Crippen LogP contribution in [0.25, 0.3) is 0 Å². The van der Waals surface area contributed by atoms with Gasteiger partial charge in [-0.25, -0.2) is 4.99 Å². The highest BCUT2D eigenvalue weighted by atomic mass is 16.5. The van der Waals surface area contributed by atoms with Gasteiger partial charge in [0.15, 0.2) is 5.90 Å². The summed E-state index contributed by atoms with van der Waals surface area (Å²) in [5.41, 5.74) is 0.0798. The highest BCUT2D eigenvalue weighted by Crippen LogP contribution is 2.25. The molecule has 0 bridgehead atoms. The number of nitrogens with zero attached hydrogens (tertiary/aromatic N) is 1. The van der Waals surface area contributed by atoms with Crippen LogP contribution in [0.5, 0.6) is 0 Å². The molecule has 0 saturated carbocycles. The maximum atomic E-state index is 5.78. The molecule has 0 saturated heterocycles. The van der Waals surface area contributed by atoms with Crippen LogP contribution in [-0.4, -0.2) is 17.5 Å². The molecule has 94 valence electrons. The molecule has 0 spiro atoms. The number of rotatable bonds is 6. The van der Waals surface area contributed by atoms with E-state index in [1.165, 1.54) is 32.1 Å². The van der Waals surface area contributed by atoms with Crippen LogP contribution in [-0.2, 0) is 4.74 Å². The lowest BCUT2D eigenvalue weighted by Crippen LogP contribution is -2.33. The van der Waals surface area contributed by atoms with E-state index < -0.39 is 0 Å². The van der Waals surface area contributed by atoms with E-state index in [4.69, 9.17) is 4.74 Å². The van der Waals surface area contributed by atoms with Crippen molar-refractivity contribution in [1.82, 2.24) is 0 Å². The summed E-state index contributed by atoms with van der Waals surface area (Å²) in [7, 11) is 0. The second-order valence-electron chi connectivity index (χ2n) is 5.61. The normalized spacial score (nSPS) is 23.8. The molecule has 0 aromatic heterocycles. The minimum absolute atomic E-state index is 0.0798. The molecule has 2 nitrogen and oxygen atoms in total. The number of aliphatic imine (C=N–C) groups is 1. The van der Waals surface area contributed by atoms with Crippen LogP contribution >= 0.6 is 0 Å². The van der Waals surface area contributed by atoms with Gasteiger partial charge in [-0.2, -0.15) is 0 Å². The Morgan fingerprint density at radius 3 is 2.56 bits per heavy atom. The fourth-order valence-electron chi connectivity index (χ4n) is 2.38. The van der Waals surface area contributed by atoms with E-state index in [-0.39, 0.29) is 5.54 Å². The first-order chi connectivity index (χ1) is 7.53. The Bertz CT molecular complexity index is 233. The summed E-state index contributed by atoms with van der Waals surface area (Å²) < 4.78 is 5.78. The monoisotopic (exact) mass is 225 g/mol. The van der Waals surface area contributed by atoms with Crippen molar-refractivity contribution in [1.29, 1.82) is 0 Å². The van der Waals surface area contributed by atoms with Crippen molar-refractivity contribution in [2.75, 3.05) is 0 Å². The fourth-order valence-corrected chi connectivity index (χ4v) is 2.38. The zero-order chi connectivity index (χ0) is 12.0. The third kappa shape index (κ3) is 5.00. The predicted octanol–water partition coefficient (Wildman–Crippen LogP) is 4.33. The van der Waals surface area contributed by atoms with Crippen LogP contribution in [0.2, 0.25) is 0 Å². The molecule has 1 unspecified atom stereocenters. The second-order valence-corrected chi connectivity index (χ2v) is 5.61. The smallest absolute Gasteiger partial charge is 0.183 e. The third-order valence-corrected chi connectivity index (χ3v) is 3.05. The summed E-state index contributed by atoms with van der Waals surface area (Å²) in [6.07, 6.45) is 8.94. The van der Waals surface area contributed by atoms with Gasteiger partial charge in [-0.15, -0.1) is 0 Å². The third-order valence-electron chi connectivity index (χ3n) is 3.05. The van der Waals surface area contributed by atoms with Crippen molar-refractivity contribution in [3.05, 3.63) is 0 Å². The summed E-state index contributed by atoms with van der Waals surface area (Å²) in [5.74, 6) is 0.986. The van der Waals surface area contributed by atoms with Gasteiger partial charge < -0.3 is 4.74 Å². The van der Waals surface area contributed by atoms with E-state index in [9.17, 15) is 0 Å². The molecule has 0 fully saturated rings. The Morgan fingerprint density at radius 2 is 1.94 bits per heavy atom. The fraction of sp³-hybridized carbons (Fsp3) is 0.929. The van der Waals surface area contributed by atoms with Gasteiger partial charge in [0.25, 0.3) is 0 Å². The SMILES string of the molecule is CCCCCCCC1=NC(C)(C)CC(C)O1. The van der Waals surface area contributed by atoms with Crippen LogP contribution < -0.4 is 0 Å². The van der Waals surface area contributed by atoms with Crippen LogP contribution in [0.15, 0.2) is 4.99 Å². The molecule has 1 aliphatic heterocycles. The van der Waals surface area contributed by atoms with Crippen LogP contribution in [0, 0.1) is 0 Å². The highest BCUT2D eigenvalue weighted by Gasteiger charge is 2.27. The molecule has 0 aromatic rings. The maximum absolute atomic E-state index is 5.78. The Morgan fingerprint density at radius 1 is 1.25 bits per heavy atom. The molecular weight excluding hydrogens is 198 g/mol. The topological polar surface area (TPSA) is 21.6 Å². The minimum Gasteiger partial charge on any atom is -0.478 e. The summed E-state index contributed by atoms with van der Waals surface area (Å²) in [4.78, 5) is 4.68. The number of ether oxygens (including phenoxy) is 1. The first kappa shape index (κ1) is 13.5. The largest absolute Gasteiger partial charge is 0.478 e. The van der Waals surface area contributed by atoms with Gasteiger partial charge in [-0.05, 0) is 27.2 Å². The lowest BCUT2D eigenvalue weighted by Gasteiger charge is -2.31. The molecule has 0 N–H and O–H groups in total. The van der Waals surface area contributed by atoms with Crippen molar-refractivity contribution in [2.45, 2.75) is 84.3 Å². The second kappa shape index (κ2) is 6.27. The van der Waals surface area contributed by atoms with E-state index in [0.29, 0.717) is 6.10 Å². The maximum Gasteiger partial charge on any atom is 0.183 e. The lowest BCUT2D eigenvalue weighted by molar-refractivity contribution is 0.139. The van der Waals surface area contributed by atoms with Crippen molar-refractivity contribution < 1.29 is 4.74 Å². The number of hydrogen-bond acceptors (Lipinski definition) is 2. The average Bonchev–Trinajstić information content (AvgIpc) is 2.14. The molecular formula is C14H27NO. The molecule has 0 aromatic carbocycles. The molecule has 2 heteroatoms. The molecule has 0 radical (unpaired) electrons. The zero-order valence-corrected chi connectivity index (χ0v) is 11.4. The molecule has 1 aliphatic rings. The van der Waals surface area contributed by atoms with Gasteiger partial charge in [0.1, 0.15) is 0 Å². The van der Waals surface area contributed by atoms with Crippen molar-refractivity contribution in [3.8, 4) is 0 Å². The summed E-state index contributed by atoms with van der Waals surface area (Å²) in [5, 5.41) is 0. The summed E-state index contributed by atoms with van der Waals surface area (Å²) in [6, 6.07) is 0. The quantitative estimate of drug-likeness (QED) is 0.616. The summed E-state index contributed by atoms with van der Waals surface area (Å²) >= 11 is 0. The van der Waals surface area contributed by atoms with Crippen molar-refractivity contribution >= 4 is 5.90 Å². The summed E-state index contributed by atoms with van der Waals surface area (Å²) in [6.45, 7) is 8.79. The molecule has 1 atom stereocenters. The Hall–Kier alpha value is -0.530. The van der Waals surface area contributed by atoms with Gasteiger partial charge in [0, 0.05) is 12.8 Å². The van der Waals surface area contributed by atoms with E-state index in [1.54, 1.807) is 0 Å². The lowest BCUT2D eigenvalue weighted by atomic mass is 9.96. The van der Waals surface area contributed by atoms with Crippen LogP contribution in [0.1, 0.15) is 72.6 Å². The average molecular weight is 225 g/mol. The standard InChI is InChI=1S/C14H27NO/c1-5-6-7-8-9-10-13-15-14(3,4)11-12(2)16-13/h12H,5-11H2,1-4H3. The molecule has 0 aliphatic carbocycles. The van der Waals surface area contributed by atoms with E-state index in [0.717, 1.165) is 18.7 Å². The molecule has 16 heavy (non-hydrogen) atoms.